The van der Waals surface area contributed by atoms with Crippen LogP contribution in [0.3, 0.4) is 0 Å². The van der Waals surface area contributed by atoms with Crippen molar-refractivity contribution >= 4 is 33.2 Å². The molecular formula is C13H9ClN2OS. The molecule has 0 unspecified atom stereocenters. The minimum Gasteiger partial charge on any atom is -0.497 e. The first kappa shape index (κ1) is 11.4. The van der Waals surface area contributed by atoms with E-state index in [0.29, 0.717) is 5.15 Å². The third-order valence-electron chi connectivity index (χ3n) is 2.60. The van der Waals surface area contributed by atoms with Gasteiger partial charge >= 0.3 is 0 Å². The van der Waals surface area contributed by atoms with Crippen LogP contribution in [0.5, 0.6) is 5.75 Å². The number of pyridine rings is 1. The van der Waals surface area contributed by atoms with Crippen molar-refractivity contribution in [3.05, 3.63) is 41.7 Å². The van der Waals surface area contributed by atoms with Gasteiger partial charge in [-0.2, -0.15) is 0 Å². The second kappa shape index (κ2) is 4.55. The van der Waals surface area contributed by atoms with E-state index in [1.807, 2.05) is 30.3 Å². The summed E-state index contributed by atoms with van der Waals surface area (Å²) < 4.78 is 6.18. The first-order chi connectivity index (χ1) is 8.78. The SMILES string of the molecule is COc1ccc(-c2nc3c(Cl)nccc3s2)cc1. The van der Waals surface area contributed by atoms with Gasteiger partial charge in [-0.3, -0.25) is 0 Å². The van der Waals surface area contributed by atoms with Crippen LogP contribution in [-0.4, -0.2) is 17.1 Å². The van der Waals surface area contributed by atoms with Crippen LogP contribution in [-0.2, 0) is 0 Å². The molecule has 0 fully saturated rings. The highest BCUT2D eigenvalue weighted by molar-refractivity contribution is 7.21. The number of methoxy groups -OCH3 is 1. The summed E-state index contributed by atoms with van der Waals surface area (Å²) in [6.07, 6.45) is 1.70. The second-order valence-electron chi connectivity index (χ2n) is 3.70. The number of benzene rings is 1. The van der Waals surface area contributed by atoms with Crippen LogP contribution in [0.1, 0.15) is 0 Å². The molecule has 0 aliphatic heterocycles. The van der Waals surface area contributed by atoms with Crippen LogP contribution < -0.4 is 4.74 Å². The van der Waals surface area contributed by atoms with Gasteiger partial charge in [-0.1, -0.05) is 11.6 Å². The van der Waals surface area contributed by atoms with Gasteiger partial charge in [0.05, 0.1) is 11.8 Å². The Kier molecular flexibility index (Phi) is 2.89. The fourth-order valence-electron chi connectivity index (χ4n) is 1.68. The molecule has 0 spiro atoms. The van der Waals surface area contributed by atoms with Gasteiger partial charge in [0.1, 0.15) is 16.3 Å². The number of hydrogen-bond donors (Lipinski definition) is 0. The molecule has 0 aliphatic rings. The number of thiazole rings is 1. The molecule has 0 radical (unpaired) electrons. The lowest BCUT2D eigenvalue weighted by molar-refractivity contribution is 0.415. The van der Waals surface area contributed by atoms with Crippen molar-refractivity contribution in [2.75, 3.05) is 7.11 Å². The minimum atomic E-state index is 0.448. The smallest absolute Gasteiger partial charge is 0.156 e. The van der Waals surface area contributed by atoms with E-state index in [4.69, 9.17) is 16.3 Å². The monoisotopic (exact) mass is 276 g/mol. The molecule has 0 N–H and O–H groups in total. The van der Waals surface area contributed by atoms with Crippen LogP contribution >= 0.6 is 22.9 Å². The number of hydrogen-bond acceptors (Lipinski definition) is 4. The number of aromatic nitrogens is 2. The zero-order valence-corrected chi connectivity index (χ0v) is 11.1. The lowest BCUT2D eigenvalue weighted by Gasteiger charge is -1.99. The van der Waals surface area contributed by atoms with Gasteiger partial charge in [0.15, 0.2) is 5.15 Å². The number of ether oxygens (including phenoxy) is 1. The molecule has 0 aliphatic carbocycles. The zero-order chi connectivity index (χ0) is 12.5. The fraction of sp³-hybridized carbons (Fsp3) is 0.0769. The predicted octanol–water partition coefficient (Wildman–Crippen LogP) is 4.02. The third-order valence-corrected chi connectivity index (χ3v) is 3.95. The first-order valence-electron chi connectivity index (χ1n) is 5.33. The van der Waals surface area contributed by atoms with Gasteiger partial charge in [0.2, 0.25) is 0 Å². The average Bonchev–Trinajstić information content (AvgIpc) is 2.84. The first-order valence-corrected chi connectivity index (χ1v) is 6.53. The van der Waals surface area contributed by atoms with E-state index in [9.17, 15) is 0 Å². The second-order valence-corrected chi connectivity index (χ2v) is 5.08. The molecule has 0 amide bonds. The van der Waals surface area contributed by atoms with Crippen LogP contribution in [0.15, 0.2) is 36.5 Å². The maximum atomic E-state index is 6.02. The molecule has 2 heterocycles. The van der Waals surface area contributed by atoms with Crippen LogP contribution in [0.2, 0.25) is 5.15 Å². The van der Waals surface area contributed by atoms with Crippen LogP contribution in [0.4, 0.5) is 0 Å². The van der Waals surface area contributed by atoms with Gasteiger partial charge < -0.3 is 4.74 Å². The molecule has 3 nitrogen and oxygen atoms in total. The van der Waals surface area contributed by atoms with Crippen LogP contribution in [0.25, 0.3) is 20.8 Å². The van der Waals surface area contributed by atoms with E-state index in [1.54, 1.807) is 24.6 Å². The highest BCUT2D eigenvalue weighted by Crippen LogP contribution is 2.33. The maximum absolute atomic E-state index is 6.02. The summed E-state index contributed by atoms with van der Waals surface area (Å²) in [6, 6.07) is 9.73. The molecule has 3 aromatic rings. The van der Waals surface area contributed by atoms with E-state index in [-0.39, 0.29) is 0 Å². The summed E-state index contributed by atoms with van der Waals surface area (Å²) >= 11 is 7.62. The zero-order valence-electron chi connectivity index (χ0n) is 9.55. The molecule has 1 aromatic carbocycles. The molecular weight excluding hydrogens is 268 g/mol. The van der Waals surface area contributed by atoms with E-state index in [1.165, 1.54) is 0 Å². The molecule has 2 aromatic heterocycles. The standard InChI is InChI=1S/C13H9ClN2OS/c1-17-9-4-2-8(3-5-9)13-16-11-10(18-13)6-7-15-12(11)14/h2-7H,1H3. The molecule has 5 heteroatoms. The summed E-state index contributed by atoms with van der Waals surface area (Å²) in [6.45, 7) is 0. The number of halogens is 1. The normalized spacial score (nSPS) is 10.8. The number of rotatable bonds is 2. The quantitative estimate of drug-likeness (QED) is 0.663. The van der Waals surface area contributed by atoms with E-state index >= 15 is 0 Å². The van der Waals surface area contributed by atoms with Crippen molar-refractivity contribution in [3.63, 3.8) is 0 Å². The third kappa shape index (κ3) is 1.94. The van der Waals surface area contributed by atoms with Gasteiger partial charge in [0, 0.05) is 11.8 Å². The highest BCUT2D eigenvalue weighted by atomic mass is 35.5. The lowest BCUT2D eigenvalue weighted by Crippen LogP contribution is -1.82. The molecule has 0 atom stereocenters. The van der Waals surface area contributed by atoms with E-state index < -0.39 is 0 Å². The van der Waals surface area contributed by atoms with E-state index in [0.717, 1.165) is 26.5 Å². The van der Waals surface area contributed by atoms with Crippen molar-refractivity contribution in [1.29, 1.82) is 0 Å². The molecule has 0 saturated carbocycles. The van der Waals surface area contributed by atoms with E-state index in [2.05, 4.69) is 9.97 Å². The Morgan fingerprint density at radius 1 is 1.17 bits per heavy atom. The Hall–Kier alpha value is -1.65. The molecule has 0 saturated heterocycles. The Bertz CT molecular complexity index is 694. The van der Waals surface area contributed by atoms with Gasteiger partial charge in [-0.15, -0.1) is 11.3 Å². The molecule has 3 rings (SSSR count). The maximum Gasteiger partial charge on any atom is 0.156 e. The van der Waals surface area contributed by atoms with Crippen molar-refractivity contribution in [3.8, 4) is 16.3 Å². The summed E-state index contributed by atoms with van der Waals surface area (Å²) in [5, 5.41) is 1.38. The Labute approximate surface area is 113 Å². The summed E-state index contributed by atoms with van der Waals surface area (Å²) in [4.78, 5) is 8.55. The highest BCUT2D eigenvalue weighted by Gasteiger charge is 2.09. The Morgan fingerprint density at radius 3 is 2.61 bits per heavy atom. The topological polar surface area (TPSA) is 35.0 Å². The average molecular weight is 277 g/mol. The summed E-state index contributed by atoms with van der Waals surface area (Å²) in [7, 11) is 1.65. The lowest BCUT2D eigenvalue weighted by atomic mass is 10.2. The molecule has 18 heavy (non-hydrogen) atoms. The Morgan fingerprint density at radius 2 is 1.94 bits per heavy atom. The number of nitrogens with zero attached hydrogens (tertiary/aromatic N) is 2. The minimum absolute atomic E-state index is 0.448. The van der Waals surface area contributed by atoms with Crippen molar-refractivity contribution < 1.29 is 4.74 Å². The Balaban J connectivity index is 2.10. The van der Waals surface area contributed by atoms with Gasteiger partial charge in [-0.25, -0.2) is 9.97 Å². The fourth-order valence-corrected chi connectivity index (χ4v) is 2.90. The van der Waals surface area contributed by atoms with Crippen molar-refractivity contribution in [2.45, 2.75) is 0 Å². The van der Waals surface area contributed by atoms with Gasteiger partial charge in [-0.05, 0) is 30.3 Å². The number of fused-ring (bicyclic) bond motifs is 1. The summed E-state index contributed by atoms with van der Waals surface area (Å²) in [5.74, 6) is 0.833. The predicted molar refractivity (Wildman–Crippen MR) is 74.4 cm³/mol. The van der Waals surface area contributed by atoms with Crippen LogP contribution in [0, 0.1) is 0 Å². The molecule has 0 bridgehead atoms. The van der Waals surface area contributed by atoms with Crippen molar-refractivity contribution in [1.82, 2.24) is 9.97 Å². The van der Waals surface area contributed by atoms with Crippen molar-refractivity contribution in [2.24, 2.45) is 0 Å². The molecule has 90 valence electrons. The largest absolute Gasteiger partial charge is 0.497 e. The van der Waals surface area contributed by atoms with Gasteiger partial charge in [0.25, 0.3) is 0 Å². The summed E-state index contributed by atoms with van der Waals surface area (Å²) in [5.41, 5.74) is 1.81.